The van der Waals surface area contributed by atoms with Crippen LogP contribution in [-0.2, 0) is 15.4 Å². The molecule has 35 heavy (non-hydrogen) atoms. The maximum absolute atomic E-state index is 15.7. The molecule has 0 amide bonds. The normalized spacial score (nSPS) is 12.5. The molecule has 4 aromatic rings. The Labute approximate surface area is 210 Å². The molecule has 0 aliphatic rings. The number of aryl methyl sites for hydroxylation is 1. The molecule has 180 valence electrons. The van der Waals surface area contributed by atoms with Gasteiger partial charge in [0.2, 0.25) is 0 Å². The molecular formula is C32H36NOP. The van der Waals surface area contributed by atoms with E-state index in [-0.39, 0.29) is 10.8 Å². The monoisotopic (exact) mass is 481 g/mol. The first-order chi connectivity index (χ1) is 16.4. The van der Waals surface area contributed by atoms with Crippen LogP contribution in [0.1, 0.15) is 58.2 Å². The van der Waals surface area contributed by atoms with Crippen molar-refractivity contribution in [2.45, 2.75) is 59.3 Å². The second kappa shape index (κ2) is 9.25. The molecule has 2 nitrogen and oxygen atoms in total. The molecule has 0 spiro atoms. The summed E-state index contributed by atoms with van der Waals surface area (Å²) >= 11 is 0. The van der Waals surface area contributed by atoms with Gasteiger partial charge in [-0.2, -0.15) is 0 Å². The molecule has 0 radical (unpaired) electrons. The Morgan fingerprint density at radius 3 is 1.69 bits per heavy atom. The third-order valence-corrected chi connectivity index (χ3v) is 9.70. The highest BCUT2D eigenvalue weighted by Gasteiger charge is 2.37. The standard InChI is InChI=1S/C32H36NOP/c1-23-15-14-20-33-30(23)29-27(32(5,6)7)21-24(31(2,3)4)22-28(29)35(34,25-16-10-8-11-17-25)26-18-12-9-13-19-26/h8-22H,1-7H3. The maximum atomic E-state index is 15.7. The molecule has 3 heteroatoms. The van der Waals surface area contributed by atoms with Gasteiger partial charge < -0.3 is 4.57 Å². The quantitative estimate of drug-likeness (QED) is 0.287. The highest BCUT2D eigenvalue weighted by molar-refractivity contribution is 7.85. The fraction of sp³-hybridized carbons (Fsp3) is 0.281. The van der Waals surface area contributed by atoms with Crippen LogP contribution in [0.3, 0.4) is 0 Å². The van der Waals surface area contributed by atoms with Crippen molar-refractivity contribution >= 4 is 23.1 Å². The molecule has 0 fully saturated rings. The molecule has 0 aliphatic heterocycles. The number of benzene rings is 3. The Morgan fingerprint density at radius 2 is 1.23 bits per heavy atom. The zero-order chi connectivity index (χ0) is 25.4. The molecule has 0 aliphatic carbocycles. The first-order valence-corrected chi connectivity index (χ1v) is 14.0. The Balaban J connectivity index is 2.26. The molecule has 0 N–H and O–H groups in total. The lowest BCUT2D eigenvalue weighted by Crippen LogP contribution is -2.31. The third-order valence-electron chi connectivity index (χ3n) is 6.62. The zero-order valence-electron chi connectivity index (χ0n) is 22.0. The van der Waals surface area contributed by atoms with Crippen molar-refractivity contribution in [3.63, 3.8) is 0 Å². The van der Waals surface area contributed by atoms with Crippen molar-refractivity contribution in [1.29, 1.82) is 0 Å². The molecule has 0 saturated heterocycles. The van der Waals surface area contributed by atoms with Gasteiger partial charge in [-0.05, 0) is 46.6 Å². The summed E-state index contributed by atoms with van der Waals surface area (Å²) in [4.78, 5) is 4.85. The minimum Gasteiger partial charge on any atom is -0.309 e. The van der Waals surface area contributed by atoms with Gasteiger partial charge in [-0.15, -0.1) is 0 Å². The first kappa shape index (κ1) is 25.1. The predicted molar refractivity (Wildman–Crippen MR) is 151 cm³/mol. The number of rotatable bonds is 4. The molecule has 0 atom stereocenters. The average Bonchev–Trinajstić information content (AvgIpc) is 2.83. The molecule has 0 unspecified atom stereocenters. The fourth-order valence-corrected chi connectivity index (χ4v) is 7.50. The van der Waals surface area contributed by atoms with Crippen LogP contribution in [0.2, 0.25) is 0 Å². The van der Waals surface area contributed by atoms with Crippen molar-refractivity contribution in [3.8, 4) is 11.3 Å². The van der Waals surface area contributed by atoms with Crippen LogP contribution in [0.25, 0.3) is 11.3 Å². The summed E-state index contributed by atoms with van der Waals surface area (Å²) in [5.41, 5.74) is 5.06. The van der Waals surface area contributed by atoms with Gasteiger partial charge in [-0.25, -0.2) is 0 Å². The molecule has 0 saturated carbocycles. The van der Waals surface area contributed by atoms with Gasteiger partial charge in [0.25, 0.3) is 0 Å². The van der Waals surface area contributed by atoms with E-state index in [1.54, 1.807) is 0 Å². The largest absolute Gasteiger partial charge is 0.309 e. The summed E-state index contributed by atoms with van der Waals surface area (Å²) < 4.78 is 15.7. The van der Waals surface area contributed by atoms with Crippen LogP contribution in [0, 0.1) is 6.92 Å². The lowest BCUT2D eigenvalue weighted by Gasteiger charge is -2.32. The Bertz CT molecular complexity index is 1330. The van der Waals surface area contributed by atoms with E-state index in [1.807, 2.05) is 72.9 Å². The van der Waals surface area contributed by atoms with E-state index < -0.39 is 7.14 Å². The summed E-state index contributed by atoms with van der Waals surface area (Å²) in [5.74, 6) is 0. The molecule has 3 aromatic carbocycles. The average molecular weight is 482 g/mol. The molecular weight excluding hydrogens is 445 g/mol. The second-order valence-electron chi connectivity index (χ2n) is 11.4. The number of hydrogen-bond donors (Lipinski definition) is 0. The highest BCUT2D eigenvalue weighted by atomic mass is 31.2. The molecule has 0 bridgehead atoms. The summed E-state index contributed by atoms with van der Waals surface area (Å²) in [6.07, 6.45) is 1.84. The number of pyridine rings is 1. The molecule has 4 rings (SSSR count). The third kappa shape index (κ3) is 4.78. The van der Waals surface area contributed by atoms with E-state index in [9.17, 15) is 0 Å². The van der Waals surface area contributed by atoms with E-state index in [0.717, 1.165) is 32.7 Å². The van der Waals surface area contributed by atoms with Crippen LogP contribution >= 0.6 is 7.14 Å². The van der Waals surface area contributed by atoms with Crippen molar-refractivity contribution in [3.05, 3.63) is 108 Å². The van der Waals surface area contributed by atoms with Crippen LogP contribution < -0.4 is 15.9 Å². The van der Waals surface area contributed by atoms with Crippen LogP contribution in [0.15, 0.2) is 91.1 Å². The highest BCUT2D eigenvalue weighted by Crippen LogP contribution is 2.48. The topological polar surface area (TPSA) is 30.0 Å². The van der Waals surface area contributed by atoms with Crippen molar-refractivity contribution in [2.24, 2.45) is 0 Å². The minimum atomic E-state index is -3.23. The van der Waals surface area contributed by atoms with E-state index >= 15 is 4.57 Å². The van der Waals surface area contributed by atoms with Crippen molar-refractivity contribution in [1.82, 2.24) is 4.98 Å². The van der Waals surface area contributed by atoms with Crippen molar-refractivity contribution < 1.29 is 4.57 Å². The van der Waals surface area contributed by atoms with Gasteiger partial charge >= 0.3 is 0 Å². The minimum absolute atomic E-state index is 0.107. The van der Waals surface area contributed by atoms with E-state index in [4.69, 9.17) is 4.98 Å². The van der Waals surface area contributed by atoms with Crippen LogP contribution in [0.5, 0.6) is 0 Å². The van der Waals surface area contributed by atoms with E-state index in [2.05, 4.69) is 66.7 Å². The summed E-state index contributed by atoms with van der Waals surface area (Å²) in [5, 5.41) is 2.55. The van der Waals surface area contributed by atoms with Gasteiger partial charge in [0.05, 0.1) is 5.69 Å². The predicted octanol–water partition coefficient (Wildman–Crippen LogP) is 7.29. The second-order valence-corrected chi connectivity index (χ2v) is 14.1. The van der Waals surface area contributed by atoms with Gasteiger partial charge in [0.1, 0.15) is 0 Å². The lowest BCUT2D eigenvalue weighted by molar-refractivity contribution is 0.570. The van der Waals surface area contributed by atoms with E-state index in [0.29, 0.717) is 0 Å². The summed E-state index contributed by atoms with van der Waals surface area (Å²) in [6.45, 7) is 15.5. The number of aromatic nitrogens is 1. The summed E-state index contributed by atoms with van der Waals surface area (Å²) in [7, 11) is -3.23. The fourth-order valence-electron chi connectivity index (χ4n) is 4.60. The summed E-state index contributed by atoms with van der Waals surface area (Å²) in [6, 6.07) is 28.5. The SMILES string of the molecule is Cc1cccnc1-c1c(C(C)(C)C)cc(C(C)(C)C)cc1P(=O)(c1ccccc1)c1ccccc1. The van der Waals surface area contributed by atoms with Crippen molar-refractivity contribution in [2.75, 3.05) is 0 Å². The molecule has 1 aromatic heterocycles. The number of hydrogen-bond acceptors (Lipinski definition) is 2. The van der Waals surface area contributed by atoms with E-state index in [1.165, 1.54) is 11.1 Å². The first-order valence-electron chi connectivity index (χ1n) is 12.3. The zero-order valence-corrected chi connectivity index (χ0v) is 22.9. The van der Waals surface area contributed by atoms with Gasteiger partial charge in [0, 0.05) is 27.7 Å². The lowest BCUT2D eigenvalue weighted by atomic mass is 9.77. The van der Waals surface area contributed by atoms with Crippen LogP contribution in [0.4, 0.5) is 0 Å². The molecule has 1 heterocycles. The van der Waals surface area contributed by atoms with Gasteiger partial charge in [-0.3, -0.25) is 4.98 Å². The Morgan fingerprint density at radius 1 is 0.686 bits per heavy atom. The number of nitrogens with zero attached hydrogens (tertiary/aromatic N) is 1. The maximum Gasteiger partial charge on any atom is 0.171 e. The van der Waals surface area contributed by atoms with Gasteiger partial charge in [-0.1, -0.05) is 114 Å². The van der Waals surface area contributed by atoms with Crippen LogP contribution in [-0.4, -0.2) is 4.98 Å². The Hall–Kier alpha value is -2.96. The van der Waals surface area contributed by atoms with Gasteiger partial charge in [0.15, 0.2) is 7.14 Å². The Kier molecular flexibility index (Phi) is 6.64. The smallest absolute Gasteiger partial charge is 0.171 e.